The van der Waals surface area contributed by atoms with Gasteiger partial charge in [0.1, 0.15) is 0 Å². The Morgan fingerprint density at radius 1 is 1.17 bits per heavy atom. The van der Waals surface area contributed by atoms with Crippen molar-refractivity contribution < 1.29 is 23.1 Å². The van der Waals surface area contributed by atoms with Gasteiger partial charge in [0, 0.05) is 25.7 Å². The average molecular weight is 444 g/mol. The van der Waals surface area contributed by atoms with E-state index in [4.69, 9.17) is 21.4 Å². The van der Waals surface area contributed by atoms with Gasteiger partial charge in [-0.15, -0.1) is 11.8 Å². The standard InChI is InChI=1S/C14H11BrClF2O3PS/c15-13-7-9(8-23-11-4-2-10(16)3-5-11)1-6-12(13)14(17,18)22(19,20)21/h1-7H,8H2,(H2,19,20,21). The molecule has 0 heterocycles. The minimum atomic E-state index is -5.58. The highest BCUT2D eigenvalue weighted by molar-refractivity contribution is 9.10. The number of hydrogen-bond donors (Lipinski definition) is 2. The Balaban J connectivity index is 2.16. The molecule has 0 spiro atoms. The molecule has 0 aliphatic carbocycles. The zero-order chi connectivity index (χ0) is 17.3. The van der Waals surface area contributed by atoms with Crippen molar-refractivity contribution in [3.05, 3.63) is 63.1 Å². The molecule has 0 saturated carbocycles. The molecule has 124 valence electrons. The van der Waals surface area contributed by atoms with E-state index >= 15 is 0 Å². The van der Waals surface area contributed by atoms with Crippen LogP contribution in [0.5, 0.6) is 0 Å². The zero-order valence-electron chi connectivity index (χ0n) is 11.4. The molecule has 0 fully saturated rings. The van der Waals surface area contributed by atoms with Crippen LogP contribution < -0.4 is 0 Å². The molecule has 0 aliphatic heterocycles. The first-order chi connectivity index (χ1) is 10.6. The van der Waals surface area contributed by atoms with Gasteiger partial charge in [-0.2, -0.15) is 8.78 Å². The fourth-order valence-corrected chi connectivity index (χ4v) is 4.05. The van der Waals surface area contributed by atoms with E-state index in [1.807, 2.05) is 12.1 Å². The Labute approximate surface area is 149 Å². The van der Waals surface area contributed by atoms with E-state index in [0.29, 0.717) is 10.8 Å². The molecule has 0 aliphatic rings. The van der Waals surface area contributed by atoms with Crippen LogP contribution in [0.2, 0.25) is 5.02 Å². The molecule has 0 unspecified atom stereocenters. The first-order valence-corrected chi connectivity index (χ1v) is 9.99. The number of halogens is 4. The Bertz CT molecular complexity index is 752. The number of hydrogen-bond acceptors (Lipinski definition) is 2. The maximum Gasteiger partial charge on any atom is 0.399 e. The summed E-state index contributed by atoms with van der Waals surface area (Å²) < 4.78 is 38.4. The summed E-state index contributed by atoms with van der Waals surface area (Å²) in [5.74, 6) is 0.516. The van der Waals surface area contributed by atoms with Crippen LogP contribution in [0.1, 0.15) is 11.1 Å². The summed E-state index contributed by atoms with van der Waals surface area (Å²) in [6.07, 6.45) is 0. The summed E-state index contributed by atoms with van der Waals surface area (Å²) >= 11 is 10.2. The van der Waals surface area contributed by atoms with Crippen LogP contribution in [0.3, 0.4) is 0 Å². The van der Waals surface area contributed by atoms with Crippen molar-refractivity contribution >= 4 is 46.9 Å². The third-order valence-corrected chi connectivity index (χ3v) is 5.91. The van der Waals surface area contributed by atoms with Crippen molar-refractivity contribution in [2.75, 3.05) is 0 Å². The van der Waals surface area contributed by atoms with Gasteiger partial charge in [0.25, 0.3) is 0 Å². The lowest BCUT2D eigenvalue weighted by atomic mass is 10.1. The first kappa shape index (κ1) is 18.9. The van der Waals surface area contributed by atoms with Gasteiger partial charge in [-0.3, -0.25) is 4.57 Å². The van der Waals surface area contributed by atoms with Gasteiger partial charge >= 0.3 is 13.3 Å². The van der Waals surface area contributed by atoms with Gasteiger partial charge in [0.15, 0.2) is 0 Å². The van der Waals surface area contributed by atoms with E-state index in [1.54, 1.807) is 12.1 Å². The molecule has 0 radical (unpaired) electrons. The van der Waals surface area contributed by atoms with E-state index in [2.05, 4.69) is 15.9 Å². The summed E-state index contributed by atoms with van der Waals surface area (Å²) in [6.45, 7) is 0. The van der Waals surface area contributed by atoms with Gasteiger partial charge in [-0.1, -0.05) is 39.7 Å². The highest BCUT2D eigenvalue weighted by atomic mass is 79.9. The van der Waals surface area contributed by atoms with E-state index in [0.717, 1.165) is 16.5 Å². The van der Waals surface area contributed by atoms with Crippen LogP contribution >= 0.6 is 46.9 Å². The zero-order valence-corrected chi connectivity index (χ0v) is 15.5. The van der Waals surface area contributed by atoms with Crippen molar-refractivity contribution in [2.45, 2.75) is 16.3 Å². The summed E-state index contributed by atoms with van der Waals surface area (Å²) in [5, 5.41) is 0.626. The maximum atomic E-state index is 13.7. The van der Waals surface area contributed by atoms with Crippen LogP contribution in [-0.2, 0) is 16.0 Å². The van der Waals surface area contributed by atoms with Crippen molar-refractivity contribution in [1.82, 2.24) is 0 Å². The Morgan fingerprint density at radius 3 is 2.30 bits per heavy atom. The van der Waals surface area contributed by atoms with E-state index in [9.17, 15) is 13.3 Å². The van der Waals surface area contributed by atoms with Crippen molar-refractivity contribution in [2.24, 2.45) is 0 Å². The van der Waals surface area contributed by atoms with Gasteiger partial charge in [-0.05, 0) is 35.9 Å². The van der Waals surface area contributed by atoms with Crippen molar-refractivity contribution in [3.8, 4) is 0 Å². The molecule has 0 aromatic heterocycles. The molecule has 9 heteroatoms. The van der Waals surface area contributed by atoms with Gasteiger partial charge in [0.2, 0.25) is 0 Å². The lowest BCUT2D eigenvalue weighted by Crippen LogP contribution is -2.14. The Kier molecular flexibility index (Phi) is 5.93. The molecule has 0 bridgehead atoms. The fourth-order valence-electron chi connectivity index (χ4n) is 1.75. The van der Waals surface area contributed by atoms with E-state index in [1.165, 1.54) is 23.9 Å². The van der Waals surface area contributed by atoms with Crippen LogP contribution in [0.15, 0.2) is 51.8 Å². The molecule has 2 rings (SSSR count). The highest BCUT2D eigenvalue weighted by Gasteiger charge is 2.51. The molecule has 0 atom stereocenters. The first-order valence-electron chi connectivity index (χ1n) is 6.22. The van der Waals surface area contributed by atoms with Gasteiger partial charge < -0.3 is 9.79 Å². The largest absolute Gasteiger partial charge is 0.399 e. The number of rotatable bonds is 5. The third kappa shape index (κ3) is 4.56. The monoisotopic (exact) mass is 442 g/mol. The molecule has 2 aromatic carbocycles. The van der Waals surface area contributed by atoms with Crippen molar-refractivity contribution in [1.29, 1.82) is 0 Å². The normalized spacial score (nSPS) is 12.4. The van der Waals surface area contributed by atoms with Crippen LogP contribution in [-0.4, -0.2) is 9.79 Å². The second kappa shape index (κ2) is 7.21. The Morgan fingerprint density at radius 2 is 1.78 bits per heavy atom. The van der Waals surface area contributed by atoms with Crippen LogP contribution in [0.4, 0.5) is 8.78 Å². The highest BCUT2D eigenvalue weighted by Crippen LogP contribution is 2.60. The third-order valence-electron chi connectivity index (χ3n) is 2.94. The molecule has 2 N–H and O–H groups in total. The summed E-state index contributed by atoms with van der Waals surface area (Å²) in [5.41, 5.74) is -4.22. The summed E-state index contributed by atoms with van der Waals surface area (Å²) in [7, 11) is -5.58. The molecule has 3 nitrogen and oxygen atoms in total. The van der Waals surface area contributed by atoms with Crippen molar-refractivity contribution in [3.63, 3.8) is 0 Å². The molecule has 23 heavy (non-hydrogen) atoms. The second-order valence-electron chi connectivity index (χ2n) is 4.64. The summed E-state index contributed by atoms with van der Waals surface area (Å²) in [6, 6.07) is 11.1. The predicted molar refractivity (Wildman–Crippen MR) is 91.1 cm³/mol. The average Bonchev–Trinajstić information content (AvgIpc) is 2.45. The number of alkyl halides is 2. The van der Waals surface area contributed by atoms with Gasteiger partial charge in [0.05, 0.1) is 0 Å². The van der Waals surface area contributed by atoms with Gasteiger partial charge in [-0.25, -0.2) is 0 Å². The molecular formula is C14H11BrClF2O3PS. The smallest absolute Gasteiger partial charge is 0.320 e. The summed E-state index contributed by atoms with van der Waals surface area (Å²) in [4.78, 5) is 18.6. The quantitative estimate of drug-likeness (QED) is 0.465. The lowest BCUT2D eigenvalue weighted by Gasteiger charge is -2.19. The second-order valence-corrected chi connectivity index (χ2v) is 8.63. The van der Waals surface area contributed by atoms with E-state index < -0.39 is 18.8 Å². The topological polar surface area (TPSA) is 57.5 Å². The minimum Gasteiger partial charge on any atom is -0.320 e. The maximum absolute atomic E-state index is 13.7. The van der Waals surface area contributed by atoms with Crippen LogP contribution in [0.25, 0.3) is 0 Å². The molecule has 2 aromatic rings. The Hall–Kier alpha value is -0.430. The van der Waals surface area contributed by atoms with E-state index in [-0.39, 0.29) is 4.47 Å². The van der Waals surface area contributed by atoms with Crippen LogP contribution in [0, 0.1) is 0 Å². The molecular weight excluding hydrogens is 433 g/mol. The molecule has 0 amide bonds. The fraction of sp³-hybridized carbons (Fsp3) is 0.143. The molecule has 0 saturated heterocycles. The lowest BCUT2D eigenvalue weighted by molar-refractivity contribution is 0.0557. The minimum absolute atomic E-state index is 0.0416. The SMILES string of the molecule is O=P(O)(O)C(F)(F)c1ccc(CSc2ccc(Cl)cc2)cc1Br. The predicted octanol–water partition coefficient (Wildman–Crippen LogP) is 5.62. The number of thioether (sulfide) groups is 1. The number of benzene rings is 2.